The number of guanidine groups is 1. The van der Waals surface area contributed by atoms with Gasteiger partial charge in [-0.15, -0.1) is 11.3 Å². The summed E-state index contributed by atoms with van der Waals surface area (Å²) in [6.07, 6.45) is 0. The molecule has 2 aromatic rings. The first-order chi connectivity index (χ1) is 11.9. The highest BCUT2D eigenvalue weighted by atomic mass is 32.2. The van der Waals surface area contributed by atoms with E-state index in [1.807, 2.05) is 6.92 Å². The van der Waals surface area contributed by atoms with Crippen LogP contribution >= 0.6 is 11.3 Å². The summed E-state index contributed by atoms with van der Waals surface area (Å²) in [7, 11) is -1.80. The average molecular weight is 381 g/mol. The van der Waals surface area contributed by atoms with Gasteiger partial charge in [-0.1, -0.05) is 17.7 Å². The fourth-order valence-corrected chi connectivity index (χ4v) is 4.00. The van der Waals surface area contributed by atoms with Gasteiger partial charge in [0.25, 0.3) is 0 Å². The number of rotatable bonds is 7. The summed E-state index contributed by atoms with van der Waals surface area (Å²) < 4.78 is 27.0. The Bertz CT molecular complexity index is 811. The van der Waals surface area contributed by atoms with Gasteiger partial charge in [0.1, 0.15) is 0 Å². The standard InChI is InChI=1S/C17H24N4O2S2/c1-13-4-8-16(9-5-13)25(22,23)21-11-10-19-17(18-3)20-12-15-7-6-14(2)24-15/h4-9,21H,10-12H2,1-3H3,(H2,18,19,20). The fourth-order valence-electron chi connectivity index (χ4n) is 2.14. The van der Waals surface area contributed by atoms with Crippen molar-refractivity contribution < 1.29 is 8.42 Å². The highest BCUT2D eigenvalue weighted by Gasteiger charge is 2.12. The number of hydrogen-bond donors (Lipinski definition) is 3. The van der Waals surface area contributed by atoms with E-state index >= 15 is 0 Å². The van der Waals surface area contributed by atoms with Gasteiger partial charge in [-0.25, -0.2) is 13.1 Å². The van der Waals surface area contributed by atoms with Crippen LogP contribution in [0, 0.1) is 13.8 Å². The zero-order valence-corrected chi connectivity index (χ0v) is 16.3. The molecule has 0 aliphatic heterocycles. The third-order valence-corrected chi connectivity index (χ3v) is 5.97. The first-order valence-corrected chi connectivity index (χ1v) is 10.3. The van der Waals surface area contributed by atoms with Gasteiger partial charge >= 0.3 is 0 Å². The minimum absolute atomic E-state index is 0.272. The Kier molecular flexibility index (Phi) is 6.98. The van der Waals surface area contributed by atoms with Gasteiger partial charge < -0.3 is 10.6 Å². The van der Waals surface area contributed by atoms with Crippen molar-refractivity contribution in [2.24, 2.45) is 4.99 Å². The number of thiophene rings is 1. The van der Waals surface area contributed by atoms with E-state index in [1.165, 1.54) is 9.75 Å². The molecule has 1 aromatic heterocycles. The van der Waals surface area contributed by atoms with Gasteiger partial charge in [-0.3, -0.25) is 4.99 Å². The SMILES string of the molecule is CN=C(NCCNS(=O)(=O)c1ccc(C)cc1)NCc1ccc(C)s1. The molecule has 0 bridgehead atoms. The quantitative estimate of drug-likeness (QED) is 0.390. The van der Waals surface area contributed by atoms with Crippen LogP contribution in [0.15, 0.2) is 46.3 Å². The van der Waals surface area contributed by atoms with Crippen molar-refractivity contribution in [3.05, 3.63) is 51.7 Å². The van der Waals surface area contributed by atoms with Crippen LogP contribution in [0.5, 0.6) is 0 Å². The molecule has 136 valence electrons. The molecule has 1 heterocycles. The lowest BCUT2D eigenvalue weighted by atomic mass is 10.2. The summed E-state index contributed by atoms with van der Waals surface area (Å²) in [5.41, 5.74) is 1.02. The topological polar surface area (TPSA) is 82.6 Å². The third kappa shape index (κ3) is 6.15. The zero-order chi connectivity index (χ0) is 18.3. The zero-order valence-electron chi connectivity index (χ0n) is 14.7. The van der Waals surface area contributed by atoms with E-state index in [0.717, 1.165) is 5.56 Å². The highest BCUT2D eigenvalue weighted by molar-refractivity contribution is 7.89. The Balaban J connectivity index is 1.76. The molecule has 0 amide bonds. The van der Waals surface area contributed by atoms with Crippen LogP contribution in [-0.4, -0.2) is 34.5 Å². The maximum absolute atomic E-state index is 12.2. The normalized spacial score (nSPS) is 12.2. The lowest BCUT2D eigenvalue weighted by Gasteiger charge is -2.12. The summed E-state index contributed by atoms with van der Waals surface area (Å²) in [6, 6.07) is 10.9. The van der Waals surface area contributed by atoms with E-state index in [9.17, 15) is 8.42 Å². The summed E-state index contributed by atoms with van der Waals surface area (Å²) in [5.74, 6) is 0.639. The number of benzene rings is 1. The number of nitrogens with zero attached hydrogens (tertiary/aromatic N) is 1. The molecule has 0 aliphatic rings. The van der Waals surface area contributed by atoms with E-state index in [2.05, 4.69) is 39.4 Å². The summed E-state index contributed by atoms with van der Waals surface area (Å²) in [4.78, 5) is 6.90. The second-order valence-corrected chi connectivity index (χ2v) is 8.72. The molecule has 2 rings (SSSR count). The van der Waals surface area contributed by atoms with Gasteiger partial charge in [0.2, 0.25) is 10.0 Å². The van der Waals surface area contributed by atoms with Crippen LogP contribution in [0.1, 0.15) is 15.3 Å². The predicted octanol–water partition coefficient (Wildman–Crippen LogP) is 2.01. The minimum Gasteiger partial charge on any atom is -0.355 e. The van der Waals surface area contributed by atoms with Crippen molar-refractivity contribution in [2.75, 3.05) is 20.1 Å². The van der Waals surface area contributed by atoms with Gasteiger partial charge in [-0.2, -0.15) is 0 Å². The first kappa shape index (κ1) is 19.4. The Morgan fingerprint density at radius 1 is 1.04 bits per heavy atom. The molecule has 0 fully saturated rings. The minimum atomic E-state index is -3.48. The van der Waals surface area contributed by atoms with E-state index in [0.29, 0.717) is 19.0 Å². The average Bonchev–Trinajstić information content (AvgIpc) is 3.00. The first-order valence-electron chi connectivity index (χ1n) is 7.97. The number of sulfonamides is 1. The van der Waals surface area contributed by atoms with Crippen molar-refractivity contribution in [3.8, 4) is 0 Å². The number of aryl methyl sites for hydroxylation is 2. The van der Waals surface area contributed by atoms with Crippen molar-refractivity contribution in [1.29, 1.82) is 0 Å². The molecule has 0 saturated heterocycles. The van der Waals surface area contributed by atoms with Gasteiger partial charge in [-0.05, 0) is 38.1 Å². The summed E-state index contributed by atoms with van der Waals surface area (Å²) in [6.45, 7) is 5.39. The summed E-state index contributed by atoms with van der Waals surface area (Å²) >= 11 is 1.73. The van der Waals surface area contributed by atoms with Crippen LogP contribution in [0.2, 0.25) is 0 Å². The maximum Gasteiger partial charge on any atom is 0.240 e. The largest absolute Gasteiger partial charge is 0.355 e. The van der Waals surface area contributed by atoms with Gasteiger partial charge in [0.15, 0.2) is 5.96 Å². The molecule has 0 aliphatic carbocycles. The Morgan fingerprint density at radius 2 is 1.76 bits per heavy atom. The Labute approximate surface area is 153 Å². The molecule has 25 heavy (non-hydrogen) atoms. The molecule has 3 N–H and O–H groups in total. The fraction of sp³-hybridized carbons (Fsp3) is 0.353. The van der Waals surface area contributed by atoms with Crippen LogP contribution in [-0.2, 0) is 16.6 Å². The third-order valence-electron chi connectivity index (χ3n) is 3.49. The molecule has 6 nitrogen and oxygen atoms in total. The molecule has 0 unspecified atom stereocenters. The van der Waals surface area contributed by atoms with E-state index in [-0.39, 0.29) is 11.4 Å². The molecule has 0 radical (unpaired) electrons. The molecule has 1 aromatic carbocycles. The number of nitrogens with one attached hydrogen (secondary N) is 3. The van der Waals surface area contributed by atoms with Crippen molar-refractivity contribution in [2.45, 2.75) is 25.3 Å². The van der Waals surface area contributed by atoms with Crippen LogP contribution < -0.4 is 15.4 Å². The number of aliphatic imine (C=N–C) groups is 1. The lowest BCUT2D eigenvalue weighted by molar-refractivity contribution is 0.580. The molecule has 0 atom stereocenters. The van der Waals surface area contributed by atoms with Crippen molar-refractivity contribution in [1.82, 2.24) is 15.4 Å². The maximum atomic E-state index is 12.2. The van der Waals surface area contributed by atoms with E-state index < -0.39 is 10.0 Å². The van der Waals surface area contributed by atoms with Crippen LogP contribution in [0.25, 0.3) is 0 Å². The highest BCUT2D eigenvalue weighted by Crippen LogP contribution is 2.14. The van der Waals surface area contributed by atoms with Gasteiger partial charge in [0, 0.05) is 29.9 Å². The van der Waals surface area contributed by atoms with Crippen LogP contribution in [0.4, 0.5) is 0 Å². The van der Waals surface area contributed by atoms with Crippen molar-refractivity contribution in [3.63, 3.8) is 0 Å². The molecular weight excluding hydrogens is 356 g/mol. The van der Waals surface area contributed by atoms with Crippen LogP contribution in [0.3, 0.4) is 0 Å². The lowest BCUT2D eigenvalue weighted by Crippen LogP contribution is -2.41. The smallest absolute Gasteiger partial charge is 0.240 e. The van der Waals surface area contributed by atoms with E-state index in [4.69, 9.17) is 0 Å². The molecular formula is C17H24N4O2S2. The second-order valence-electron chi connectivity index (χ2n) is 5.58. The van der Waals surface area contributed by atoms with Gasteiger partial charge in [0.05, 0.1) is 11.4 Å². The molecule has 0 spiro atoms. The molecule has 0 saturated carbocycles. The Morgan fingerprint density at radius 3 is 2.36 bits per heavy atom. The van der Waals surface area contributed by atoms with E-state index in [1.54, 1.807) is 42.6 Å². The second kappa shape index (κ2) is 8.98. The monoisotopic (exact) mass is 380 g/mol. The molecule has 8 heteroatoms. The predicted molar refractivity (Wildman–Crippen MR) is 104 cm³/mol. The number of hydrogen-bond acceptors (Lipinski definition) is 4. The Hall–Kier alpha value is -1.90. The van der Waals surface area contributed by atoms with Crippen molar-refractivity contribution >= 4 is 27.3 Å². The summed E-state index contributed by atoms with van der Waals surface area (Å²) in [5, 5.41) is 6.30.